The minimum Gasteiger partial charge on any atom is -0.492 e. The summed E-state index contributed by atoms with van der Waals surface area (Å²) in [5, 5.41) is 3.19. The Balaban J connectivity index is 1.62. The van der Waals surface area contributed by atoms with Gasteiger partial charge in [-0.3, -0.25) is 0 Å². The molecule has 25 heavy (non-hydrogen) atoms. The van der Waals surface area contributed by atoms with Gasteiger partial charge in [0.25, 0.3) is 0 Å². The molecule has 0 bridgehead atoms. The number of nitrogens with two attached hydrogens (primary N) is 1. The molecule has 0 aliphatic heterocycles. The molecule has 3 N–H and O–H groups in total. The Morgan fingerprint density at radius 3 is 2.64 bits per heavy atom. The Kier molecular flexibility index (Phi) is 5.26. The Morgan fingerprint density at radius 1 is 1.08 bits per heavy atom. The summed E-state index contributed by atoms with van der Waals surface area (Å²) in [7, 11) is 1.57. The van der Waals surface area contributed by atoms with Gasteiger partial charge in [0, 0.05) is 23.9 Å². The third-order valence-electron chi connectivity index (χ3n) is 3.40. The van der Waals surface area contributed by atoms with Gasteiger partial charge in [0.1, 0.15) is 18.2 Å². The zero-order chi connectivity index (χ0) is 17.5. The fourth-order valence-corrected chi connectivity index (χ4v) is 2.22. The van der Waals surface area contributed by atoms with Crippen LogP contribution in [0.4, 0.5) is 11.8 Å². The highest BCUT2D eigenvalue weighted by atomic mass is 16.5. The molecular weight excluding hydrogens is 318 g/mol. The van der Waals surface area contributed by atoms with E-state index in [-0.39, 0.29) is 5.95 Å². The molecular formula is C18H19N5O2. The van der Waals surface area contributed by atoms with Crippen molar-refractivity contribution in [1.82, 2.24) is 15.0 Å². The van der Waals surface area contributed by atoms with Crippen LogP contribution in [-0.4, -0.2) is 35.2 Å². The number of pyridine rings is 1. The van der Waals surface area contributed by atoms with E-state index in [2.05, 4.69) is 20.3 Å². The Morgan fingerprint density at radius 2 is 1.92 bits per heavy atom. The van der Waals surface area contributed by atoms with Crippen molar-refractivity contribution in [3.63, 3.8) is 0 Å². The van der Waals surface area contributed by atoms with Crippen LogP contribution in [0.2, 0.25) is 0 Å². The van der Waals surface area contributed by atoms with Crippen molar-refractivity contribution < 1.29 is 9.47 Å². The van der Waals surface area contributed by atoms with Crippen molar-refractivity contribution >= 4 is 11.8 Å². The van der Waals surface area contributed by atoms with Gasteiger partial charge in [-0.1, -0.05) is 18.2 Å². The number of rotatable bonds is 7. The van der Waals surface area contributed by atoms with E-state index in [4.69, 9.17) is 15.2 Å². The van der Waals surface area contributed by atoms with Crippen molar-refractivity contribution in [3.8, 4) is 22.9 Å². The molecule has 7 nitrogen and oxygen atoms in total. The quantitative estimate of drug-likeness (QED) is 0.640. The van der Waals surface area contributed by atoms with E-state index in [0.29, 0.717) is 30.5 Å². The predicted molar refractivity (Wildman–Crippen MR) is 96.7 cm³/mol. The standard InChI is InChI=1S/C18H19N5O2/c1-24-17-8-7-13(12-21-17)15-11-16(23-18(19)22-15)20-9-10-25-14-5-3-2-4-6-14/h2-8,11-12H,9-10H2,1H3,(H3,19,20,22,23). The van der Waals surface area contributed by atoms with Crippen molar-refractivity contribution in [2.45, 2.75) is 0 Å². The Labute approximate surface area is 145 Å². The highest BCUT2D eigenvalue weighted by molar-refractivity contribution is 5.63. The second kappa shape index (κ2) is 7.96. The smallest absolute Gasteiger partial charge is 0.222 e. The highest BCUT2D eigenvalue weighted by Gasteiger charge is 2.06. The van der Waals surface area contributed by atoms with Gasteiger partial charge >= 0.3 is 0 Å². The van der Waals surface area contributed by atoms with Crippen molar-refractivity contribution in [3.05, 3.63) is 54.7 Å². The van der Waals surface area contributed by atoms with Crippen molar-refractivity contribution in [1.29, 1.82) is 0 Å². The lowest BCUT2D eigenvalue weighted by atomic mass is 10.2. The van der Waals surface area contributed by atoms with Crippen LogP contribution in [0.3, 0.4) is 0 Å². The lowest BCUT2D eigenvalue weighted by molar-refractivity contribution is 0.333. The Hall–Kier alpha value is -3.35. The van der Waals surface area contributed by atoms with E-state index in [1.54, 1.807) is 19.4 Å². The first kappa shape index (κ1) is 16.5. The van der Waals surface area contributed by atoms with Crippen LogP contribution in [0.15, 0.2) is 54.7 Å². The predicted octanol–water partition coefficient (Wildman–Crippen LogP) is 2.62. The molecule has 7 heteroatoms. The third kappa shape index (κ3) is 4.57. The average molecular weight is 337 g/mol. The molecule has 128 valence electrons. The largest absolute Gasteiger partial charge is 0.492 e. The highest BCUT2D eigenvalue weighted by Crippen LogP contribution is 2.21. The summed E-state index contributed by atoms with van der Waals surface area (Å²) >= 11 is 0. The molecule has 0 saturated carbocycles. The molecule has 3 rings (SSSR count). The molecule has 0 aliphatic carbocycles. The summed E-state index contributed by atoms with van der Waals surface area (Å²) in [4.78, 5) is 12.6. The van der Waals surface area contributed by atoms with E-state index >= 15 is 0 Å². The number of ether oxygens (including phenoxy) is 2. The number of benzene rings is 1. The zero-order valence-corrected chi connectivity index (χ0v) is 13.8. The molecule has 0 fully saturated rings. The molecule has 0 radical (unpaired) electrons. The topological polar surface area (TPSA) is 95.2 Å². The minimum absolute atomic E-state index is 0.194. The van der Waals surface area contributed by atoms with E-state index in [0.717, 1.165) is 11.3 Å². The molecule has 0 amide bonds. The number of nitrogens with one attached hydrogen (secondary N) is 1. The monoisotopic (exact) mass is 337 g/mol. The summed E-state index contributed by atoms with van der Waals surface area (Å²) in [5.41, 5.74) is 7.33. The Bertz CT molecular complexity index is 809. The summed E-state index contributed by atoms with van der Waals surface area (Å²) < 4.78 is 10.7. The molecule has 0 aliphatic rings. The van der Waals surface area contributed by atoms with Crippen LogP contribution in [0.25, 0.3) is 11.3 Å². The third-order valence-corrected chi connectivity index (χ3v) is 3.40. The van der Waals surface area contributed by atoms with Gasteiger partial charge in [-0.05, 0) is 18.2 Å². The number of anilines is 2. The van der Waals surface area contributed by atoms with E-state index in [1.165, 1.54) is 0 Å². The number of nitrogen functional groups attached to an aromatic ring is 1. The first-order valence-corrected chi connectivity index (χ1v) is 7.81. The minimum atomic E-state index is 0.194. The van der Waals surface area contributed by atoms with E-state index in [1.807, 2.05) is 42.5 Å². The summed E-state index contributed by atoms with van der Waals surface area (Å²) in [6.07, 6.45) is 1.68. The van der Waals surface area contributed by atoms with Crippen molar-refractivity contribution in [2.75, 3.05) is 31.3 Å². The van der Waals surface area contributed by atoms with E-state index in [9.17, 15) is 0 Å². The first-order chi connectivity index (χ1) is 12.2. The lowest BCUT2D eigenvalue weighted by Crippen LogP contribution is -2.13. The summed E-state index contributed by atoms with van der Waals surface area (Å²) in [6.45, 7) is 1.10. The van der Waals surface area contributed by atoms with Crippen LogP contribution in [-0.2, 0) is 0 Å². The number of hydrogen-bond acceptors (Lipinski definition) is 7. The van der Waals surface area contributed by atoms with E-state index < -0.39 is 0 Å². The van der Waals surface area contributed by atoms with Gasteiger partial charge in [-0.25, -0.2) is 9.97 Å². The molecule has 0 saturated heterocycles. The molecule has 1 aromatic carbocycles. The van der Waals surface area contributed by atoms with Crippen LogP contribution >= 0.6 is 0 Å². The van der Waals surface area contributed by atoms with Gasteiger partial charge in [0.15, 0.2) is 0 Å². The number of para-hydroxylation sites is 1. The molecule has 2 aromatic heterocycles. The SMILES string of the molecule is COc1ccc(-c2cc(NCCOc3ccccc3)nc(N)n2)cn1. The maximum Gasteiger partial charge on any atom is 0.222 e. The summed E-state index contributed by atoms with van der Waals surface area (Å²) in [6, 6.07) is 15.1. The van der Waals surface area contributed by atoms with Gasteiger partial charge in [-0.15, -0.1) is 0 Å². The molecule has 0 spiro atoms. The van der Waals surface area contributed by atoms with Crippen molar-refractivity contribution in [2.24, 2.45) is 0 Å². The number of aromatic nitrogens is 3. The molecule has 0 unspecified atom stereocenters. The van der Waals surface area contributed by atoms with Crippen LogP contribution in [0, 0.1) is 0 Å². The lowest BCUT2D eigenvalue weighted by Gasteiger charge is -2.10. The second-order valence-electron chi connectivity index (χ2n) is 5.17. The fraction of sp³-hybridized carbons (Fsp3) is 0.167. The fourth-order valence-electron chi connectivity index (χ4n) is 2.22. The van der Waals surface area contributed by atoms with Gasteiger partial charge in [0.05, 0.1) is 19.3 Å². The van der Waals surface area contributed by atoms with Crippen LogP contribution in [0.1, 0.15) is 0 Å². The number of nitrogens with zero attached hydrogens (tertiary/aromatic N) is 3. The maximum absolute atomic E-state index is 5.81. The molecule has 2 heterocycles. The van der Waals surface area contributed by atoms with Gasteiger partial charge in [-0.2, -0.15) is 4.98 Å². The summed E-state index contributed by atoms with van der Waals surface area (Å²) in [5.74, 6) is 2.20. The zero-order valence-electron chi connectivity index (χ0n) is 13.8. The van der Waals surface area contributed by atoms with Gasteiger partial charge in [0.2, 0.25) is 11.8 Å². The number of methoxy groups -OCH3 is 1. The first-order valence-electron chi connectivity index (χ1n) is 7.81. The van der Waals surface area contributed by atoms with Gasteiger partial charge < -0.3 is 20.5 Å². The maximum atomic E-state index is 5.81. The average Bonchev–Trinajstić information content (AvgIpc) is 2.66. The second-order valence-corrected chi connectivity index (χ2v) is 5.17. The number of hydrogen-bond donors (Lipinski definition) is 2. The molecule has 0 atom stereocenters. The van der Waals surface area contributed by atoms with Crippen LogP contribution in [0.5, 0.6) is 11.6 Å². The van der Waals surface area contributed by atoms with Crippen LogP contribution < -0.4 is 20.5 Å². The normalized spacial score (nSPS) is 10.3. The molecule has 3 aromatic rings.